The fraction of sp³-hybridized carbons (Fsp3) is 0.222. The first-order valence-corrected chi connectivity index (χ1v) is 13.4. The predicted octanol–water partition coefficient (Wildman–Crippen LogP) is 6.57. The van der Waals surface area contributed by atoms with Crippen LogP contribution in [0.4, 0.5) is 11.4 Å². The van der Waals surface area contributed by atoms with E-state index in [1.54, 1.807) is 24.5 Å². The minimum Gasteiger partial charge on any atom is -0.382 e. The second-order valence-electron chi connectivity index (χ2n) is 9.18. The van der Waals surface area contributed by atoms with Gasteiger partial charge in [-0.3, -0.25) is 9.78 Å². The van der Waals surface area contributed by atoms with Crippen molar-refractivity contribution >= 4 is 51.1 Å². The van der Waals surface area contributed by atoms with Gasteiger partial charge >= 0.3 is 0 Å². The summed E-state index contributed by atoms with van der Waals surface area (Å²) < 4.78 is 8.16. The van der Waals surface area contributed by atoms with E-state index in [9.17, 15) is 9.70 Å². The first-order chi connectivity index (χ1) is 18.6. The van der Waals surface area contributed by atoms with E-state index in [4.69, 9.17) is 16.1 Å². The number of carbonyl (C=O) groups excluding carboxylic acids is 1. The summed E-state index contributed by atoms with van der Waals surface area (Å²) >= 11 is 7.49. The molecule has 5 aromatic rings. The molecule has 0 radical (unpaired) electrons. The molecule has 0 unspecified atom stereocenters. The van der Waals surface area contributed by atoms with Crippen LogP contribution in [0.1, 0.15) is 29.0 Å². The summed E-state index contributed by atoms with van der Waals surface area (Å²) in [5.74, 6) is 0.565. The number of hydrogen-bond acceptors (Lipinski definition) is 8. The van der Waals surface area contributed by atoms with E-state index in [0.29, 0.717) is 46.8 Å². The van der Waals surface area contributed by atoms with Crippen LogP contribution in [0.15, 0.2) is 76.7 Å². The number of thiophene rings is 1. The summed E-state index contributed by atoms with van der Waals surface area (Å²) in [5.41, 5.74) is 3.37. The van der Waals surface area contributed by atoms with Gasteiger partial charge in [-0.1, -0.05) is 16.8 Å². The smallest absolute Gasteiger partial charge is 0.270 e. The first kappa shape index (κ1) is 24.3. The lowest BCUT2D eigenvalue weighted by Crippen LogP contribution is -2.43. The second kappa shape index (κ2) is 10.4. The Bertz CT molecular complexity index is 1600. The Morgan fingerprint density at radius 2 is 1.92 bits per heavy atom. The summed E-state index contributed by atoms with van der Waals surface area (Å²) in [6, 6.07) is 16.7. The highest BCUT2D eigenvalue weighted by molar-refractivity contribution is 7.19. The average molecular weight is 547 g/mol. The number of aromatic nitrogens is 3. The molecule has 0 saturated carbocycles. The van der Waals surface area contributed by atoms with E-state index in [1.807, 2.05) is 51.9 Å². The van der Waals surface area contributed by atoms with Crippen molar-refractivity contribution in [3.8, 4) is 10.6 Å². The number of pyridine rings is 1. The summed E-state index contributed by atoms with van der Waals surface area (Å²) in [7, 11) is 0. The van der Waals surface area contributed by atoms with E-state index in [0.717, 1.165) is 34.3 Å². The fourth-order valence-corrected chi connectivity index (χ4v) is 5.84. The Kier molecular flexibility index (Phi) is 6.65. The monoisotopic (exact) mass is 546 g/mol. The van der Waals surface area contributed by atoms with Crippen LogP contribution in [0.5, 0.6) is 0 Å². The van der Waals surface area contributed by atoms with Gasteiger partial charge in [-0.15, -0.1) is 16.2 Å². The van der Waals surface area contributed by atoms with Crippen molar-refractivity contribution in [2.24, 2.45) is 5.18 Å². The van der Waals surface area contributed by atoms with Gasteiger partial charge in [0.1, 0.15) is 17.1 Å². The number of nitroso groups, excluding NO2 is 1. The third-order valence-electron chi connectivity index (χ3n) is 6.74. The Morgan fingerprint density at radius 1 is 1.11 bits per heavy atom. The molecule has 6 rings (SSSR count). The molecule has 1 fully saturated rings. The number of amides is 1. The van der Waals surface area contributed by atoms with E-state index >= 15 is 0 Å². The van der Waals surface area contributed by atoms with Crippen LogP contribution < -0.4 is 5.32 Å². The highest BCUT2D eigenvalue weighted by atomic mass is 35.5. The second-order valence-corrected chi connectivity index (χ2v) is 10.9. The number of rotatable bonds is 7. The van der Waals surface area contributed by atoms with Crippen LogP contribution in [0.2, 0.25) is 4.34 Å². The molecule has 192 valence electrons. The minimum atomic E-state index is -0.0575. The van der Waals surface area contributed by atoms with Gasteiger partial charge in [0.25, 0.3) is 5.91 Å². The van der Waals surface area contributed by atoms with Crippen LogP contribution in [-0.2, 0) is 6.54 Å². The van der Waals surface area contributed by atoms with Crippen molar-refractivity contribution in [1.29, 1.82) is 0 Å². The van der Waals surface area contributed by atoms with E-state index in [-0.39, 0.29) is 11.9 Å². The van der Waals surface area contributed by atoms with Crippen molar-refractivity contribution in [3.05, 3.63) is 87.6 Å². The molecule has 4 aromatic heterocycles. The SMILES string of the molecule is O=Nc1ccc2c(c1)cc(C(=O)N1CCC(Nc3ccncc3)CC1)n2Cc1cc(-c2ccc(Cl)s2)on1. The van der Waals surface area contributed by atoms with E-state index in [1.165, 1.54) is 11.3 Å². The maximum atomic E-state index is 13.8. The normalized spacial score (nSPS) is 14.2. The topological polar surface area (TPSA) is 106 Å². The molecule has 0 atom stereocenters. The van der Waals surface area contributed by atoms with Crippen molar-refractivity contribution in [2.45, 2.75) is 25.4 Å². The van der Waals surface area contributed by atoms with Crippen molar-refractivity contribution < 1.29 is 9.32 Å². The molecule has 5 heterocycles. The Hall–Kier alpha value is -4.02. The number of carbonyl (C=O) groups is 1. The van der Waals surface area contributed by atoms with Crippen LogP contribution in [0.3, 0.4) is 0 Å². The zero-order valence-corrected chi connectivity index (χ0v) is 21.8. The Morgan fingerprint density at radius 3 is 2.66 bits per heavy atom. The third-order valence-corrected chi connectivity index (χ3v) is 7.98. The molecule has 11 heteroatoms. The third kappa shape index (κ3) is 4.92. The van der Waals surface area contributed by atoms with Gasteiger partial charge < -0.3 is 19.3 Å². The van der Waals surface area contributed by atoms with Gasteiger partial charge in [-0.25, -0.2) is 0 Å². The number of hydrogen-bond donors (Lipinski definition) is 1. The van der Waals surface area contributed by atoms with Crippen molar-refractivity contribution in [1.82, 2.24) is 19.6 Å². The molecule has 1 aromatic carbocycles. The number of nitrogens with zero attached hydrogens (tertiary/aromatic N) is 5. The molecular formula is C27H23ClN6O3S. The number of likely N-dealkylation sites (tertiary alicyclic amines) is 1. The summed E-state index contributed by atoms with van der Waals surface area (Å²) in [6.07, 6.45) is 5.20. The zero-order valence-electron chi connectivity index (χ0n) is 20.2. The van der Waals surface area contributed by atoms with Crippen molar-refractivity contribution in [3.63, 3.8) is 0 Å². The molecule has 1 N–H and O–H groups in total. The molecule has 38 heavy (non-hydrogen) atoms. The Balaban J connectivity index is 1.25. The highest BCUT2D eigenvalue weighted by Crippen LogP contribution is 2.32. The molecule has 0 bridgehead atoms. The minimum absolute atomic E-state index is 0.0575. The van der Waals surface area contributed by atoms with Gasteiger partial charge in [-0.2, -0.15) is 0 Å². The Labute approximate surface area is 227 Å². The number of anilines is 1. The van der Waals surface area contributed by atoms with Gasteiger partial charge in [-0.05, 0) is 66.5 Å². The number of nitrogens with one attached hydrogen (secondary N) is 1. The number of fused-ring (bicyclic) bond motifs is 1. The van der Waals surface area contributed by atoms with Crippen LogP contribution >= 0.6 is 22.9 Å². The quantitative estimate of drug-likeness (QED) is 0.231. The molecular weight excluding hydrogens is 524 g/mol. The lowest BCUT2D eigenvalue weighted by Gasteiger charge is -2.33. The van der Waals surface area contributed by atoms with Crippen LogP contribution in [0, 0.1) is 4.91 Å². The van der Waals surface area contributed by atoms with E-state index in [2.05, 4.69) is 20.6 Å². The average Bonchev–Trinajstić information content (AvgIpc) is 3.68. The van der Waals surface area contributed by atoms with Gasteiger partial charge in [0, 0.05) is 54.2 Å². The lowest BCUT2D eigenvalue weighted by atomic mass is 10.0. The zero-order chi connectivity index (χ0) is 26.1. The highest BCUT2D eigenvalue weighted by Gasteiger charge is 2.27. The molecule has 1 amide bonds. The van der Waals surface area contributed by atoms with Gasteiger partial charge in [0.05, 0.1) is 15.8 Å². The summed E-state index contributed by atoms with van der Waals surface area (Å²) in [6.45, 7) is 1.61. The molecule has 1 aliphatic rings. The number of halogens is 1. The van der Waals surface area contributed by atoms with Crippen molar-refractivity contribution in [2.75, 3.05) is 18.4 Å². The van der Waals surface area contributed by atoms with Gasteiger partial charge in [0.15, 0.2) is 5.76 Å². The van der Waals surface area contributed by atoms with Crippen LogP contribution in [-0.4, -0.2) is 44.6 Å². The molecule has 9 nitrogen and oxygen atoms in total. The van der Waals surface area contributed by atoms with Crippen LogP contribution in [0.25, 0.3) is 21.5 Å². The van der Waals surface area contributed by atoms with E-state index < -0.39 is 0 Å². The number of benzene rings is 1. The molecule has 0 spiro atoms. The molecule has 1 saturated heterocycles. The first-order valence-electron chi connectivity index (χ1n) is 12.2. The predicted molar refractivity (Wildman–Crippen MR) is 148 cm³/mol. The maximum Gasteiger partial charge on any atom is 0.270 e. The lowest BCUT2D eigenvalue weighted by molar-refractivity contribution is 0.0708. The number of piperidine rings is 1. The summed E-state index contributed by atoms with van der Waals surface area (Å²) in [5, 5.41) is 11.6. The molecule has 1 aliphatic heterocycles. The summed E-state index contributed by atoms with van der Waals surface area (Å²) in [4.78, 5) is 31.7. The van der Waals surface area contributed by atoms with Gasteiger partial charge in [0.2, 0.25) is 0 Å². The standard InChI is InChI=1S/C27H23ClN6O3S/c28-26-4-3-25(38-26)24-15-21(32-37-24)16-34-22-2-1-20(31-36)13-17(22)14-23(34)27(35)33-11-7-19(8-12-33)30-18-5-9-29-10-6-18/h1-6,9-10,13-15,19H,7-8,11-12,16H2,(H,29,30). The molecule has 0 aliphatic carbocycles. The largest absolute Gasteiger partial charge is 0.382 e. The fourth-order valence-electron chi connectivity index (χ4n) is 4.85. The maximum absolute atomic E-state index is 13.8.